The Morgan fingerprint density at radius 1 is 1.53 bits per heavy atom. The van der Waals surface area contributed by atoms with Crippen LogP contribution in [0.5, 0.6) is 0 Å². The monoisotopic (exact) mass is 257 g/mol. The molecule has 0 aromatic carbocycles. The second-order valence-corrected chi connectivity index (χ2v) is 3.85. The fourth-order valence-electron chi connectivity index (χ4n) is 1.33. The normalized spacial score (nSPS) is 10.1. The molecule has 1 heterocycles. The fraction of sp³-hybridized carbons (Fsp3) is 0.545. The predicted molar refractivity (Wildman–Crippen MR) is 66.2 cm³/mol. The van der Waals surface area contributed by atoms with Gasteiger partial charge >= 0.3 is 5.97 Å². The van der Waals surface area contributed by atoms with Crippen molar-refractivity contribution in [3.63, 3.8) is 0 Å². The summed E-state index contributed by atoms with van der Waals surface area (Å²) in [7, 11) is 1.36. The Hall–Kier alpha value is -1.36. The third-order valence-corrected chi connectivity index (χ3v) is 2.29. The van der Waals surface area contributed by atoms with Crippen LogP contribution in [0.15, 0.2) is 6.07 Å². The number of aryl methyl sites for hydroxylation is 1. The van der Waals surface area contributed by atoms with Crippen LogP contribution >= 0.6 is 11.6 Å². The topological polar surface area (TPSA) is 64.1 Å². The first-order valence-corrected chi connectivity index (χ1v) is 5.87. The van der Waals surface area contributed by atoms with Crippen LogP contribution in [0.25, 0.3) is 0 Å². The highest BCUT2D eigenvalue weighted by molar-refractivity contribution is 6.28. The van der Waals surface area contributed by atoms with E-state index in [1.54, 1.807) is 0 Å². The minimum absolute atomic E-state index is 0.219. The lowest BCUT2D eigenvalue weighted by Crippen LogP contribution is -2.11. The maximum Gasteiger partial charge on any atom is 0.307 e. The molecule has 17 heavy (non-hydrogen) atoms. The molecular weight excluding hydrogens is 242 g/mol. The lowest BCUT2D eigenvalue weighted by Gasteiger charge is -2.06. The zero-order chi connectivity index (χ0) is 12.7. The van der Waals surface area contributed by atoms with Crippen molar-refractivity contribution in [2.45, 2.75) is 26.2 Å². The summed E-state index contributed by atoms with van der Waals surface area (Å²) in [6.45, 7) is 2.53. The first kappa shape index (κ1) is 13.7. The molecule has 1 rings (SSSR count). The summed E-state index contributed by atoms with van der Waals surface area (Å²) >= 11 is 5.80. The number of halogens is 1. The number of esters is 1. The fourth-order valence-corrected chi connectivity index (χ4v) is 1.53. The molecule has 0 fully saturated rings. The zero-order valence-electron chi connectivity index (χ0n) is 9.99. The number of nitrogens with one attached hydrogen (secondary N) is 1. The molecule has 0 atom stereocenters. The van der Waals surface area contributed by atoms with Crippen LogP contribution in [-0.2, 0) is 16.0 Å². The van der Waals surface area contributed by atoms with E-state index in [9.17, 15) is 4.79 Å². The highest BCUT2D eigenvalue weighted by Crippen LogP contribution is 2.11. The van der Waals surface area contributed by atoms with Crippen molar-refractivity contribution in [2.75, 3.05) is 19.0 Å². The molecule has 0 saturated carbocycles. The van der Waals surface area contributed by atoms with E-state index in [0.717, 1.165) is 18.5 Å². The summed E-state index contributed by atoms with van der Waals surface area (Å²) in [4.78, 5) is 19.1. The predicted octanol–water partition coefficient (Wildman–Crippen LogP) is 2.06. The average Bonchev–Trinajstić information content (AvgIpc) is 2.28. The molecule has 94 valence electrons. The number of methoxy groups -OCH3 is 1. The number of carbonyl (C=O) groups is 1. The number of anilines is 1. The lowest BCUT2D eigenvalue weighted by molar-refractivity contribution is -0.140. The first-order chi connectivity index (χ1) is 8.15. The van der Waals surface area contributed by atoms with Gasteiger partial charge in [0.25, 0.3) is 0 Å². The smallest absolute Gasteiger partial charge is 0.307 e. The van der Waals surface area contributed by atoms with E-state index < -0.39 is 0 Å². The van der Waals surface area contributed by atoms with Gasteiger partial charge in [0.15, 0.2) is 0 Å². The van der Waals surface area contributed by atoms with Crippen LogP contribution in [0.4, 0.5) is 5.82 Å². The van der Waals surface area contributed by atoms with Gasteiger partial charge in [-0.2, -0.15) is 0 Å². The van der Waals surface area contributed by atoms with Crippen LogP contribution in [0.1, 0.15) is 25.5 Å². The van der Waals surface area contributed by atoms with Gasteiger partial charge in [0.1, 0.15) is 5.82 Å². The maximum atomic E-state index is 10.9. The summed E-state index contributed by atoms with van der Waals surface area (Å²) in [6, 6.07) is 1.84. The summed E-state index contributed by atoms with van der Waals surface area (Å²) in [5, 5.41) is 3.23. The Labute approximate surface area is 106 Å². The highest BCUT2D eigenvalue weighted by Gasteiger charge is 2.04. The molecule has 5 nitrogen and oxygen atoms in total. The second-order valence-electron chi connectivity index (χ2n) is 3.52. The van der Waals surface area contributed by atoms with Crippen LogP contribution in [0, 0.1) is 0 Å². The summed E-state index contributed by atoms with van der Waals surface area (Å²) in [6.07, 6.45) is 2.14. The molecule has 0 saturated heterocycles. The number of hydrogen-bond donors (Lipinski definition) is 1. The zero-order valence-corrected chi connectivity index (χ0v) is 10.8. The van der Waals surface area contributed by atoms with Gasteiger partial charge in [0.2, 0.25) is 5.28 Å². The third kappa shape index (κ3) is 4.99. The van der Waals surface area contributed by atoms with Gasteiger partial charge in [0, 0.05) is 18.3 Å². The first-order valence-electron chi connectivity index (χ1n) is 5.50. The van der Waals surface area contributed by atoms with Gasteiger partial charge in [-0.3, -0.25) is 4.79 Å². The standard InChI is InChI=1S/C11H16ClN3O2/c1-3-4-8-7-9(15-11(12)14-8)13-6-5-10(16)17-2/h7H,3-6H2,1-2H3,(H,13,14,15). The Morgan fingerprint density at radius 2 is 2.29 bits per heavy atom. The van der Waals surface area contributed by atoms with Gasteiger partial charge < -0.3 is 10.1 Å². The number of aromatic nitrogens is 2. The summed E-state index contributed by atoms with van der Waals surface area (Å²) < 4.78 is 4.54. The minimum Gasteiger partial charge on any atom is -0.469 e. The molecule has 1 aromatic heterocycles. The number of carbonyl (C=O) groups excluding carboxylic acids is 1. The highest BCUT2D eigenvalue weighted by atomic mass is 35.5. The molecule has 0 unspecified atom stereocenters. The molecular formula is C11H16ClN3O2. The Balaban J connectivity index is 2.55. The number of hydrogen-bond acceptors (Lipinski definition) is 5. The van der Waals surface area contributed by atoms with Gasteiger partial charge in [-0.05, 0) is 18.0 Å². The van der Waals surface area contributed by atoms with E-state index in [4.69, 9.17) is 11.6 Å². The average molecular weight is 258 g/mol. The second kappa shape index (κ2) is 7.06. The van der Waals surface area contributed by atoms with E-state index in [1.165, 1.54) is 7.11 Å². The number of ether oxygens (including phenoxy) is 1. The molecule has 6 heteroatoms. The van der Waals surface area contributed by atoms with Crippen molar-refractivity contribution in [1.29, 1.82) is 0 Å². The minimum atomic E-state index is -0.258. The van der Waals surface area contributed by atoms with Crippen LogP contribution in [0.3, 0.4) is 0 Å². The van der Waals surface area contributed by atoms with E-state index in [-0.39, 0.29) is 11.3 Å². The van der Waals surface area contributed by atoms with Crippen molar-refractivity contribution in [3.05, 3.63) is 17.0 Å². The molecule has 1 aromatic rings. The lowest BCUT2D eigenvalue weighted by atomic mass is 10.2. The molecule has 0 spiro atoms. The molecule has 0 amide bonds. The molecule has 0 aliphatic carbocycles. The van der Waals surface area contributed by atoms with Crippen molar-refractivity contribution in [3.8, 4) is 0 Å². The van der Waals surface area contributed by atoms with Crippen LogP contribution in [0.2, 0.25) is 5.28 Å². The molecule has 0 aliphatic rings. The SMILES string of the molecule is CCCc1cc(NCCC(=O)OC)nc(Cl)n1. The van der Waals surface area contributed by atoms with E-state index in [0.29, 0.717) is 18.8 Å². The largest absolute Gasteiger partial charge is 0.469 e. The third-order valence-electron chi connectivity index (χ3n) is 2.12. The van der Waals surface area contributed by atoms with Crippen LogP contribution in [-0.4, -0.2) is 29.6 Å². The van der Waals surface area contributed by atoms with Gasteiger partial charge in [-0.1, -0.05) is 13.3 Å². The van der Waals surface area contributed by atoms with E-state index in [1.807, 2.05) is 6.07 Å². The summed E-state index contributed by atoms with van der Waals surface area (Å²) in [5.41, 5.74) is 0.896. The molecule has 1 N–H and O–H groups in total. The Bertz CT molecular complexity index is 385. The Morgan fingerprint density at radius 3 is 2.94 bits per heavy atom. The molecule has 0 bridgehead atoms. The quantitative estimate of drug-likeness (QED) is 0.624. The van der Waals surface area contributed by atoms with Gasteiger partial charge in [0.05, 0.1) is 13.5 Å². The van der Waals surface area contributed by atoms with Crippen molar-refractivity contribution < 1.29 is 9.53 Å². The van der Waals surface area contributed by atoms with Crippen LogP contribution < -0.4 is 5.32 Å². The number of nitrogens with zero attached hydrogens (tertiary/aromatic N) is 2. The van der Waals surface area contributed by atoms with Gasteiger partial charge in [-0.15, -0.1) is 0 Å². The number of rotatable bonds is 6. The summed E-state index contributed by atoms with van der Waals surface area (Å²) in [5.74, 6) is 0.379. The van der Waals surface area contributed by atoms with Gasteiger partial charge in [-0.25, -0.2) is 9.97 Å². The van der Waals surface area contributed by atoms with Crippen molar-refractivity contribution >= 4 is 23.4 Å². The van der Waals surface area contributed by atoms with E-state index >= 15 is 0 Å². The van der Waals surface area contributed by atoms with Crippen molar-refractivity contribution in [2.24, 2.45) is 0 Å². The van der Waals surface area contributed by atoms with E-state index in [2.05, 4.69) is 26.9 Å². The molecule has 0 aliphatic heterocycles. The van der Waals surface area contributed by atoms with Crippen molar-refractivity contribution in [1.82, 2.24) is 9.97 Å². The molecule has 0 radical (unpaired) electrons. The Kier molecular flexibility index (Phi) is 5.69. The maximum absolute atomic E-state index is 10.9.